The van der Waals surface area contributed by atoms with E-state index >= 15 is 0 Å². The normalized spacial score (nSPS) is 11.4. The Hall–Kier alpha value is -3.42. The van der Waals surface area contributed by atoms with Crippen LogP contribution in [0.25, 0.3) is 17.4 Å². The van der Waals surface area contributed by atoms with Gasteiger partial charge in [0.2, 0.25) is 17.7 Å². The van der Waals surface area contributed by atoms with E-state index < -0.39 is 0 Å². The van der Waals surface area contributed by atoms with E-state index in [9.17, 15) is 0 Å². The van der Waals surface area contributed by atoms with Gasteiger partial charge in [-0.3, -0.25) is 0 Å². The number of nitrogens with two attached hydrogens (primary N) is 1. The van der Waals surface area contributed by atoms with Crippen LogP contribution in [0.2, 0.25) is 0 Å². The number of hydrogen-bond acceptors (Lipinski definition) is 7. The highest BCUT2D eigenvalue weighted by Crippen LogP contribution is 2.18. The molecule has 8 heteroatoms. The Balaban J connectivity index is 1.46. The third-order valence-electron chi connectivity index (χ3n) is 4.32. The lowest BCUT2D eigenvalue weighted by Crippen LogP contribution is -2.12. The van der Waals surface area contributed by atoms with Crippen molar-refractivity contribution in [3.8, 4) is 11.6 Å². The van der Waals surface area contributed by atoms with Crippen molar-refractivity contribution in [1.82, 2.24) is 24.6 Å². The average molecular weight is 363 g/mol. The molecule has 0 saturated carbocycles. The molecular formula is C19H21N7O. The summed E-state index contributed by atoms with van der Waals surface area (Å²) >= 11 is 0. The molecule has 1 aromatic carbocycles. The molecule has 0 aliphatic heterocycles. The molecule has 0 unspecified atom stereocenters. The molecule has 0 radical (unpaired) electrons. The minimum absolute atomic E-state index is 0.217. The number of nitrogens with one attached hydrogen (secondary N) is 1. The topological polar surface area (TPSA) is 107 Å². The smallest absolute Gasteiger partial charge is 0.259 e. The lowest BCUT2D eigenvalue weighted by atomic mass is 10.0. The van der Waals surface area contributed by atoms with E-state index in [4.69, 9.17) is 10.2 Å². The van der Waals surface area contributed by atoms with Gasteiger partial charge in [0.15, 0.2) is 5.76 Å². The fourth-order valence-corrected chi connectivity index (χ4v) is 2.78. The van der Waals surface area contributed by atoms with Gasteiger partial charge in [0, 0.05) is 6.54 Å². The number of anilines is 2. The van der Waals surface area contributed by atoms with Crippen LogP contribution >= 0.6 is 0 Å². The molecule has 0 aliphatic rings. The zero-order valence-corrected chi connectivity index (χ0v) is 15.3. The number of fused-ring (bicyclic) bond motifs is 1. The maximum Gasteiger partial charge on any atom is 0.259 e. The van der Waals surface area contributed by atoms with Gasteiger partial charge in [0.1, 0.15) is 0 Å². The molecule has 0 bridgehead atoms. The highest BCUT2D eigenvalue weighted by molar-refractivity contribution is 5.52. The average Bonchev–Trinajstić information content (AvgIpc) is 3.32. The van der Waals surface area contributed by atoms with Crippen molar-refractivity contribution in [2.24, 2.45) is 0 Å². The van der Waals surface area contributed by atoms with Crippen molar-refractivity contribution >= 4 is 17.7 Å². The molecule has 0 atom stereocenters. The second-order valence-corrected chi connectivity index (χ2v) is 6.60. The minimum atomic E-state index is 0.217. The minimum Gasteiger partial charge on any atom is -0.461 e. The highest BCUT2D eigenvalue weighted by atomic mass is 16.3. The van der Waals surface area contributed by atoms with Crippen molar-refractivity contribution in [2.45, 2.75) is 26.2 Å². The molecule has 0 spiro atoms. The highest BCUT2D eigenvalue weighted by Gasteiger charge is 2.13. The summed E-state index contributed by atoms with van der Waals surface area (Å²) in [5.74, 6) is 2.53. The molecule has 27 heavy (non-hydrogen) atoms. The van der Waals surface area contributed by atoms with Crippen LogP contribution in [0.15, 0.2) is 47.1 Å². The second-order valence-electron chi connectivity index (χ2n) is 6.60. The van der Waals surface area contributed by atoms with E-state index in [-0.39, 0.29) is 5.95 Å². The maximum atomic E-state index is 5.99. The van der Waals surface area contributed by atoms with Crippen LogP contribution in [-0.2, 0) is 6.42 Å². The predicted octanol–water partition coefficient (Wildman–Crippen LogP) is 3.14. The van der Waals surface area contributed by atoms with Gasteiger partial charge in [-0.05, 0) is 35.6 Å². The zero-order valence-electron chi connectivity index (χ0n) is 15.3. The van der Waals surface area contributed by atoms with Crippen LogP contribution in [0.3, 0.4) is 0 Å². The van der Waals surface area contributed by atoms with E-state index in [1.165, 1.54) is 15.6 Å². The summed E-state index contributed by atoms with van der Waals surface area (Å²) in [6.45, 7) is 5.07. The number of nitrogen functional groups attached to an aromatic ring is 1. The number of hydrogen-bond donors (Lipinski definition) is 2. The lowest BCUT2D eigenvalue weighted by molar-refractivity contribution is 0.577. The van der Waals surface area contributed by atoms with Gasteiger partial charge in [-0.25, -0.2) is 0 Å². The molecular weight excluding hydrogens is 342 g/mol. The van der Waals surface area contributed by atoms with E-state index in [1.54, 1.807) is 18.4 Å². The molecule has 0 aliphatic carbocycles. The van der Waals surface area contributed by atoms with Gasteiger partial charge >= 0.3 is 0 Å². The van der Waals surface area contributed by atoms with Crippen LogP contribution in [0, 0.1) is 0 Å². The molecule has 8 nitrogen and oxygen atoms in total. The fourth-order valence-electron chi connectivity index (χ4n) is 2.78. The second kappa shape index (κ2) is 7.06. The van der Waals surface area contributed by atoms with Crippen LogP contribution in [-0.4, -0.2) is 31.1 Å². The summed E-state index contributed by atoms with van der Waals surface area (Å²) < 4.78 is 6.71. The van der Waals surface area contributed by atoms with Crippen molar-refractivity contribution in [1.29, 1.82) is 0 Å². The number of rotatable bonds is 6. The Morgan fingerprint density at radius 2 is 1.93 bits per heavy atom. The number of aromatic nitrogens is 5. The fraction of sp³-hybridized carbons (Fsp3) is 0.263. The summed E-state index contributed by atoms with van der Waals surface area (Å²) in [6, 6.07) is 12.2. The molecule has 138 valence electrons. The first-order chi connectivity index (χ1) is 13.1. The van der Waals surface area contributed by atoms with Crippen molar-refractivity contribution in [3.05, 3.63) is 53.8 Å². The van der Waals surface area contributed by atoms with Gasteiger partial charge in [-0.2, -0.15) is 19.5 Å². The molecule has 0 amide bonds. The van der Waals surface area contributed by atoms with Crippen molar-refractivity contribution < 1.29 is 4.42 Å². The Labute approximate surface area is 156 Å². The number of benzene rings is 1. The summed E-state index contributed by atoms with van der Waals surface area (Å²) in [5.41, 5.74) is 8.58. The molecule has 0 fully saturated rings. The van der Waals surface area contributed by atoms with E-state index in [2.05, 4.69) is 63.5 Å². The Bertz CT molecular complexity index is 1040. The summed E-state index contributed by atoms with van der Waals surface area (Å²) in [4.78, 5) is 13.0. The zero-order chi connectivity index (χ0) is 18.8. The first kappa shape index (κ1) is 17.0. The quantitative estimate of drug-likeness (QED) is 0.542. The Morgan fingerprint density at radius 3 is 2.63 bits per heavy atom. The van der Waals surface area contributed by atoms with E-state index in [0.717, 1.165) is 6.42 Å². The van der Waals surface area contributed by atoms with Gasteiger partial charge < -0.3 is 15.5 Å². The largest absolute Gasteiger partial charge is 0.461 e. The van der Waals surface area contributed by atoms with Gasteiger partial charge in [-0.1, -0.05) is 38.1 Å². The van der Waals surface area contributed by atoms with Crippen LogP contribution < -0.4 is 11.1 Å². The maximum absolute atomic E-state index is 5.99. The molecule has 0 saturated heterocycles. The standard InChI is InChI=1S/C19H21N7O/c1-12(2)14-7-5-13(6-8-14)9-10-21-18-23-17(20)26-19(24-18)22-16(25-26)15-4-3-11-27-15/h3-8,11-12H,9-10H2,1-2H3,(H3,20,21,22,23,24,25). The van der Waals surface area contributed by atoms with Crippen LogP contribution in [0.5, 0.6) is 0 Å². The molecule has 4 aromatic rings. The Morgan fingerprint density at radius 1 is 1.11 bits per heavy atom. The van der Waals surface area contributed by atoms with Crippen molar-refractivity contribution in [2.75, 3.05) is 17.6 Å². The molecule has 4 rings (SSSR count). The third kappa shape index (κ3) is 3.59. The predicted molar refractivity (Wildman–Crippen MR) is 103 cm³/mol. The summed E-state index contributed by atoms with van der Waals surface area (Å²) in [5, 5.41) is 7.48. The lowest BCUT2D eigenvalue weighted by Gasteiger charge is -2.08. The van der Waals surface area contributed by atoms with Gasteiger partial charge in [0.25, 0.3) is 5.78 Å². The Kier molecular flexibility index (Phi) is 4.45. The van der Waals surface area contributed by atoms with Gasteiger partial charge in [-0.15, -0.1) is 5.10 Å². The van der Waals surface area contributed by atoms with Crippen LogP contribution in [0.1, 0.15) is 30.9 Å². The van der Waals surface area contributed by atoms with Crippen molar-refractivity contribution in [3.63, 3.8) is 0 Å². The first-order valence-electron chi connectivity index (χ1n) is 8.87. The first-order valence-corrected chi connectivity index (χ1v) is 8.87. The number of furan rings is 1. The van der Waals surface area contributed by atoms with E-state index in [1.807, 2.05) is 0 Å². The van der Waals surface area contributed by atoms with Crippen LogP contribution in [0.4, 0.5) is 11.9 Å². The summed E-state index contributed by atoms with van der Waals surface area (Å²) in [7, 11) is 0. The number of nitrogens with zero attached hydrogens (tertiary/aromatic N) is 5. The monoisotopic (exact) mass is 363 g/mol. The van der Waals surface area contributed by atoms with E-state index in [0.29, 0.717) is 35.8 Å². The molecule has 3 heterocycles. The van der Waals surface area contributed by atoms with Gasteiger partial charge in [0.05, 0.1) is 6.26 Å². The summed E-state index contributed by atoms with van der Waals surface area (Å²) in [6.07, 6.45) is 2.42. The molecule has 3 N–H and O–H groups in total. The molecule has 3 aromatic heterocycles. The third-order valence-corrected chi connectivity index (χ3v) is 4.32. The SMILES string of the molecule is CC(C)c1ccc(CCNc2nc(N)n3nc(-c4ccco4)nc3n2)cc1.